The Hall–Kier alpha value is -2.96. The molecule has 7 nitrogen and oxygen atoms in total. The van der Waals surface area contributed by atoms with Crippen LogP contribution in [0.3, 0.4) is 0 Å². The van der Waals surface area contributed by atoms with Crippen LogP contribution in [0.1, 0.15) is 32.1 Å². The first kappa shape index (κ1) is 16.5. The van der Waals surface area contributed by atoms with Crippen molar-refractivity contribution in [3.05, 3.63) is 42.5 Å². The van der Waals surface area contributed by atoms with Crippen molar-refractivity contribution < 1.29 is 9.53 Å². The summed E-state index contributed by atoms with van der Waals surface area (Å²) < 4.78 is 6.81. The molecular weight excluding hydrogens is 330 g/mol. The topological polar surface area (TPSA) is 81.4 Å². The standard InChI is InChI=1S/C19H21N5O2/c1-11-8-15(11)19(25)21-12(2)18-22-17-9-16(20-10-24(17)23-18)13-4-6-14(26-3)7-5-13/h4-7,9-12,15H,8H2,1-3H3,(H,21,25)/t11-,12+,15-/m1/s1. The lowest BCUT2D eigenvalue weighted by Gasteiger charge is -2.09. The first-order valence-electron chi connectivity index (χ1n) is 8.72. The Morgan fingerprint density at radius 2 is 2.08 bits per heavy atom. The van der Waals surface area contributed by atoms with Gasteiger partial charge >= 0.3 is 0 Å². The number of amides is 1. The predicted molar refractivity (Wildman–Crippen MR) is 96.6 cm³/mol. The Bertz CT molecular complexity index is 950. The van der Waals surface area contributed by atoms with Crippen molar-refractivity contribution in [2.24, 2.45) is 11.8 Å². The number of hydrogen-bond acceptors (Lipinski definition) is 5. The van der Waals surface area contributed by atoms with E-state index in [2.05, 4.69) is 27.3 Å². The highest BCUT2D eigenvalue weighted by molar-refractivity contribution is 5.81. The normalized spacial score (nSPS) is 20.0. The molecule has 1 aliphatic carbocycles. The predicted octanol–water partition coefficient (Wildman–Crippen LogP) is 2.63. The zero-order valence-electron chi connectivity index (χ0n) is 15.0. The molecule has 26 heavy (non-hydrogen) atoms. The second-order valence-electron chi connectivity index (χ2n) is 6.83. The highest BCUT2D eigenvalue weighted by Crippen LogP contribution is 2.38. The Kier molecular flexibility index (Phi) is 4.06. The van der Waals surface area contributed by atoms with E-state index in [0.29, 0.717) is 17.4 Å². The quantitative estimate of drug-likeness (QED) is 0.764. The van der Waals surface area contributed by atoms with E-state index in [9.17, 15) is 4.79 Å². The first-order chi connectivity index (χ1) is 12.5. The summed E-state index contributed by atoms with van der Waals surface area (Å²) in [6.07, 6.45) is 2.61. The van der Waals surface area contributed by atoms with Gasteiger partial charge in [0.15, 0.2) is 11.5 Å². The molecule has 0 unspecified atom stereocenters. The van der Waals surface area contributed by atoms with Crippen molar-refractivity contribution in [1.29, 1.82) is 0 Å². The molecule has 1 aliphatic rings. The maximum atomic E-state index is 12.1. The van der Waals surface area contributed by atoms with Gasteiger partial charge in [-0.15, -0.1) is 5.10 Å². The lowest BCUT2D eigenvalue weighted by molar-refractivity contribution is -0.123. The number of methoxy groups -OCH3 is 1. The number of aromatic nitrogens is 4. The van der Waals surface area contributed by atoms with Crippen LogP contribution in [0.4, 0.5) is 0 Å². The van der Waals surface area contributed by atoms with Crippen LogP contribution in [0.15, 0.2) is 36.7 Å². The molecule has 3 atom stereocenters. The van der Waals surface area contributed by atoms with Crippen molar-refractivity contribution >= 4 is 11.6 Å². The highest BCUT2D eigenvalue weighted by Gasteiger charge is 2.39. The summed E-state index contributed by atoms with van der Waals surface area (Å²) in [5.74, 6) is 2.08. The molecule has 134 valence electrons. The number of benzene rings is 1. The maximum absolute atomic E-state index is 12.1. The van der Waals surface area contributed by atoms with Gasteiger partial charge in [-0.2, -0.15) is 0 Å². The molecule has 1 fully saturated rings. The summed E-state index contributed by atoms with van der Waals surface area (Å²) in [5.41, 5.74) is 2.48. The zero-order valence-corrected chi connectivity index (χ0v) is 15.0. The van der Waals surface area contributed by atoms with E-state index >= 15 is 0 Å². The van der Waals surface area contributed by atoms with E-state index in [1.54, 1.807) is 18.0 Å². The highest BCUT2D eigenvalue weighted by atomic mass is 16.5. The fraction of sp³-hybridized carbons (Fsp3) is 0.368. The largest absolute Gasteiger partial charge is 0.497 e. The molecule has 3 aromatic rings. The third-order valence-corrected chi connectivity index (χ3v) is 4.82. The summed E-state index contributed by atoms with van der Waals surface area (Å²) in [5, 5.41) is 7.43. The minimum Gasteiger partial charge on any atom is -0.497 e. The molecule has 0 aliphatic heterocycles. The van der Waals surface area contributed by atoms with Gasteiger partial charge in [-0.25, -0.2) is 14.5 Å². The average Bonchev–Trinajstić information content (AvgIpc) is 3.24. The summed E-state index contributed by atoms with van der Waals surface area (Å²) >= 11 is 0. The molecule has 1 saturated carbocycles. The van der Waals surface area contributed by atoms with Gasteiger partial charge < -0.3 is 10.1 Å². The maximum Gasteiger partial charge on any atom is 0.223 e. The summed E-state index contributed by atoms with van der Waals surface area (Å²) in [6.45, 7) is 3.99. The fourth-order valence-electron chi connectivity index (χ4n) is 2.99. The van der Waals surface area contributed by atoms with E-state index in [4.69, 9.17) is 4.74 Å². The van der Waals surface area contributed by atoms with E-state index in [1.165, 1.54) is 0 Å². The number of nitrogens with zero attached hydrogens (tertiary/aromatic N) is 4. The number of fused-ring (bicyclic) bond motifs is 1. The lowest BCUT2D eigenvalue weighted by atomic mass is 10.1. The molecule has 1 aromatic carbocycles. The van der Waals surface area contributed by atoms with E-state index < -0.39 is 0 Å². The summed E-state index contributed by atoms with van der Waals surface area (Å²) in [6, 6.07) is 9.35. The second kappa shape index (κ2) is 6.40. The van der Waals surface area contributed by atoms with Crippen LogP contribution in [-0.4, -0.2) is 32.6 Å². The van der Waals surface area contributed by atoms with Crippen LogP contribution in [-0.2, 0) is 4.79 Å². The number of rotatable bonds is 5. The van der Waals surface area contributed by atoms with Gasteiger partial charge in [0.1, 0.15) is 12.1 Å². The van der Waals surface area contributed by atoms with Gasteiger partial charge in [-0.3, -0.25) is 4.79 Å². The average molecular weight is 351 g/mol. The van der Waals surface area contributed by atoms with Gasteiger partial charge in [0.2, 0.25) is 5.91 Å². The van der Waals surface area contributed by atoms with Gasteiger partial charge in [-0.1, -0.05) is 6.92 Å². The Labute approximate surface area is 151 Å². The number of nitrogens with one attached hydrogen (secondary N) is 1. The molecule has 1 amide bonds. The number of carbonyl (C=O) groups excluding carboxylic acids is 1. The van der Waals surface area contributed by atoms with Crippen LogP contribution in [0.25, 0.3) is 16.9 Å². The molecule has 4 rings (SSSR count). The molecule has 2 aromatic heterocycles. The van der Waals surface area contributed by atoms with Crippen LogP contribution >= 0.6 is 0 Å². The number of carbonyl (C=O) groups is 1. The lowest BCUT2D eigenvalue weighted by Crippen LogP contribution is -2.29. The van der Waals surface area contributed by atoms with Gasteiger partial charge in [0.05, 0.1) is 18.8 Å². The zero-order chi connectivity index (χ0) is 18.3. The molecule has 0 radical (unpaired) electrons. The van der Waals surface area contributed by atoms with Crippen molar-refractivity contribution in [1.82, 2.24) is 24.9 Å². The molecule has 0 saturated heterocycles. The van der Waals surface area contributed by atoms with Crippen LogP contribution in [0, 0.1) is 11.8 Å². The minimum atomic E-state index is -0.236. The Morgan fingerprint density at radius 1 is 1.35 bits per heavy atom. The molecule has 1 N–H and O–H groups in total. The van der Waals surface area contributed by atoms with E-state index in [-0.39, 0.29) is 17.9 Å². The number of ether oxygens (including phenoxy) is 1. The molecule has 0 spiro atoms. The Balaban J connectivity index is 1.55. The van der Waals surface area contributed by atoms with Crippen molar-refractivity contribution in [2.75, 3.05) is 7.11 Å². The smallest absolute Gasteiger partial charge is 0.223 e. The van der Waals surface area contributed by atoms with Gasteiger partial charge in [0, 0.05) is 17.5 Å². The fourth-order valence-corrected chi connectivity index (χ4v) is 2.99. The Morgan fingerprint density at radius 3 is 2.73 bits per heavy atom. The van der Waals surface area contributed by atoms with Crippen LogP contribution < -0.4 is 10.1 Å². The summed E-state index contributed by atoms with van der Waals surface area (Å²) in [7, 11) is 1.64. The molecule has 2 heterocycles. The monoisotopic (exact) mass is 351 g/mol. The van der Waals surface area contributed by atoms with Crippen molar-refractivity contribution in [3.8, 4) is 17.0 Å². The molecule has 7 heteroatoms. The third-order valence-electron chi connectivity index (χ3n) is 4.82. The molecule has 0 bridgehead atoms. The van der Waals surface area contributed by atoms with E-state index in [0.717, 1.165) is 23.4 Å². The minimum absolute atomic E-state index is 0.0842. The van der Waals surface area contributed by atoms with E-state index in [1.807, 2.05) is 37.3 Å². The SMILES string of the molecule is COc1ccc(-c2cc3nc([C@H](C)NC(=O)[C@@H]4C[C@H]4C)nn3cn2)cc1. The third kappa shape index (κ3) is 3.12. The first-order valence-corrected chi connectivity index (χ1v) is 8.72. The number of hydrogen-bond donors (Lipinski definition) is 1. The van der Waals surface area contributed by atoms with Crippen molar-refractivity contribution in [2.45, 2.75) is 26.3 Å². The van der Waals surface area contributed by atoms with Crippen LogP contribution in [0.5, 0.6) is 5.75 Å². The van der Waals surface area contributed by atoms with Gasteiger partial charge in [0.25, 0.3) is 0 Å². The van der Waals surface area contributed by atoms with Crippen molar-refractivity contribution in [3.63, 3.8) is 0 Å². The second-order valence-corrected chi connectivity index (χ2v) is 6.83. The molecular formula is C19H21N5O2. The van der Waals surface area contributed by atoms with Crippen LogP contribution in [0.2, 0.25) is 0 Å². The van der Waals surface area contributed by atoms with Gasteiger partial charge in [-0.05, 0) is 43.5 Å². The summed E-state index contributed by atoms with van der Waals surface area (Å²) in [4.78, 5) is 21.1.